The third-order valence-corrected chi connectivity index (χ3v) is 4.00. The molecule has 0 amide bonds. The van der Waals surface area contributed by atoms with Crippen LogP contribution in [0.3, 0.4) is 0 Å². The smallest absolute Gasteiger partial charge is 0.225 e. The summed E-state index contributed by atoms with van der Waals surface area (Å²) in [5.41, 5.74) is 9.23. The minimum atomic E-state index is 0.488. The fraction of sp³-hybridized carbons (Fsp3) is 0.733. The Morgan fingerprint density at radius 1 is 1.11 bits per heavy atom. The van der Waals surface area contributed by atoms with Crippen LogP contribution in [0.5, 0.6) is 0 Å². The van der Waals surface area contributed by atoms with Crippen LogP contribution in [0.25, 0.3) is 0 Å². The van der Waals surface area contributed by atoms with Crippen molar-refractivity contribution >= 4 is 5.95 Å². The van der Waals surface area contributed by atoms with Gasteiger partial charge in [0.1, 0.15) is 0 Å². The number of aryl methyl sites for hydroxylation is 2. The number of nitrogens with zero attached hydrogens (tertiary/aromatic N) is 3. The van der Waals surface area contributed by atoms with Crippen molar-refractivity contribution in [3.63, 3.8) is 0 Å². The van der Waals surface area contributed by atoms with Crippen molar-refractivity contribution in [2.24, 2.45) is 11.7 Å². The van der Waals surface area contributed by atoms with Gasteiger partial charge < -0.3 is 10.6 Å². The van der Waals surface area contributed by atoms with Crippen molar-refractivity contribution in [2.75, 3.05) is 24.5 Å². The largest absolute Gasteiger partial charge is 0.341 e. The van der Waals surface area contributed by atoms with Gasteiger partial charge in [0.2, 0.25) is 5.95 Å². The van der Waals surface area contributed by atoms with E-state index in [0.717, 1.165) is 36.8 Å². The van der Waals surface area contributed by atoms with Crippen LogP contribution in [0.4, 0.5) is 5.95 Å². The molecule has 0 saturated carbocycles. The summed E-state index contributed by atoms with van der Waals surface area (Å²) in [6.45, 7) is 9.28. The van der Waals surface area contributed by atoms with E-state index in [0.29, 0.717) is 12.5 Å². The molecule has 2 N–H and O–H groups in total. The Hall–Kier alpha value is -1.16. The van der Waals surface area contributed by atoms with E-state index in [1.54, 1.807) is 0 Å². The quantitative estimate of drug-likeness (QED) is 0.904. The zero-order valence-electron chi connectivity index (χ0n) is 12.4. The lowest BCUT2D eigenvalue weighted by Gasteiger charge is -2.27. The lowest BCUT2D eigenvalue weighted by molar-refractivity contribution is 0.562. The number of piperidine rings is 1. The molecule has 1 aromatic rings. The Kier molecular flexibility index (Phi) is 4.75. The first kappa shape index (κ1) is 14.3. The molecule has 1 unspecified atom stereocenters. The highest BCUT2D eigenvalue weighted by Crippen LogP contribution is 2.21. The first-order valence-electron chi connectivity index (χ1n) is 7.41. The van der Waals surface area contributed by atoms with Crippen molar-refractivity contribution in [3.8, 4) is 0 Å². The summed E-state index contributed by atoms with van der Waals surface area (Å²) >= 11 is 0. The van der Waals surface area contributed by atoms with E-state index in [-0.39, 0.29) is 0 Å². The second kappa shape index (κ2) is 6.33. The molecule has 0 aromatic carbocycles. The van der Waals surface area contributed by atoms with Crippen LogP contribution < -0.4 is 10.6 Å². The summed E-state index contributed by atoms with van der Waals surface area (Å²) in [6.07, 6.45) is 4.83. The predicted molar refractivity (Wildman–Crippen MR) is 79.5 cm³/mol. The highest BCUT2D eigenvalue weighted by molar-refractivity contribution is 5.37. The van der Waals surface area contributed by atoms with E-state index in [1.807, 2.05) is 0 Å². The molecule has 2 rings (SSSR count). The molecule has 19 heavy (non-hydrogen) atoms. The molecule has 0 radical (unpaired) electrons. The molecular weight excluding hydrogens is 236 g/mol. The van der Waals surface area contributed by atoms with Gasteiger partial charge in [-0.25, -0.2) is 9.97 Å². The van der Waals surface area contributed by atoms with Crippen molar-refractivity contribution in [1.82, 2.24) is 9.97 Å². The Morgan fingerprint density at radius 3 is 2.21 bits per heavy atom. The van der Waals surface area contributed by atoms with Crippen molar-refractivity contribution in [1.29, 1.82) is 0 Å². The lowest BCUT2D eigenvalue weighted by Crippen LogP contribution is -2.31. The van der Waals surface area contributed by atoms with E-state index in [1.165, 1.54) is 24.8 Å². The van der Waals surface area contributed by atoms with Gasteiger partial charge in [-0.3, -0.25) is 0 Å². The average molecular weight is 262 g/mol. The molecule has 1 fully saturated rings. The zero-order valence-corrected chi connectivity index (χ0v) is 12.4. The molecule has 0 aliphatic carbocycles. The molecule has 1 aliphatic heterocycles. The third-order valence-electron chi connectivity index (χ3n) is 4.00. The summed E-state index contributed by atoms with van der Waals surface area (Å²) in [7, 11) is 0. The van der Waals surface area contributed by atoms with Crippen LogP contribution in [0.2, 0.25) is 0 Å². The maximum Gasteiger partial charge on any atom is 0.225 e. The van der Waals surface area contributed by atoms with E-state index in [2.05, 4.69) is 25.7 Å². The number of hydrogen-bond acceptors (Lipinski definition) is 4. The Bertz CT molecular complexity index is 401. The van der Waals surface area contributed by atoms with Crippen LogP contribution in [0.1, 0.15) is 43.1 Å². The number of aromatic nitrogens is 2. The van der Waals surface area contributed by atoms with Gasteiger partial charge in [-0.15, -0.1) is 0 Å². The molecular formula is C15H26N4. The fourth-order valence-corrected chi connectivity index (χ4v) is 2.68. The topological polar surface area (TPSA) is 55.0 Å². The second-order valence-electron chi connectivity index (χ2n) is 5.77. The molecule has 1 aromatic heterocycles. The van der Waals surface area contributed by atoms with Crippen LogP contribution in [-0.4, -0.2) is 29.6 Å². The van der Waals surface area contributed by atoms with Gasteiger partial charge in [-0.1, -0.05) is 6.92 Å². The van der Waals surface area contributed by atoms with Gasteiger partial charge in [-0.2, -0.15) is 0 Å². The second-order valence-corrected chi connectivity index (χ2v) is 5.77. The highest BCUT2D eigenvalue weighted by atomic mass is 15.3. The maximum absolute atomic E-state index is 5.72. The van der Waals surface area contributed by atoms with Crippen molar-refractivity contribution < 1.29 is 0 Å². The standard InChI is InChI=1S/C15H26N4/c1-11(10-16)9-14-12(2)17-15(18-13(14)3)19-7-5-4-6-8-19/h11H,4-10,16H2,1-3H3. The van der Waals surface area contributed by atoms with Crippen LogP contribution in [0, 0.1) is 19.8 Å². The van der Waals surface area contributed by atoms with Gasteiger partial charge in [-0.05, 0) is 57.6 Å². The van der Waals surface area contributed by atoms with Gasteiger partial charge in [0.25, 0.3) is 0 Å². The van der Waals surface area contributed by atoms with Gasteiger partial charge in [0.15, 0.2) is 0 Å². The molecule has 0 bridgehead atoms. The van der Waals surface area contributed by atoms with Crippen LogP contribution >= 0.6 is 0 Å². The molecule has 4 heteroatoms. The minimum absolute atomic E-state index is 0.488. The number of anilines is 1. The Balaban J connectivity index is 2.20. The number of rotatable bonds is 4. The molecule has 106 valence electrons. The predicted octanol–water partition coefficient (Wildman–Crippen LogP) is 2.22. The summed E-state index contributed by atoms with van der Waals surface area (Å²) < 4.78 is 0. The number of nitrogens with two attached hydrogens (primary N) is 1. The SMILES string of the molecule is Cc1nc(N2CCCCC2)nc(C)c1CC(C)CN. The zero-order chi connectivity index (χ0) is 13.8. The summed E-state index contributed by atoms with van der Waals surface area (Å²) in [5, 5.41) is 0. The van der Waals surface area contributed by atoms with E-state index in [9.17, 15) is 0 Å². The molecule has 1 atom stereocenters. The number of hydrogen-bond donors (Lipinski definition) is 1. The Labute approximate surface area is 116 Å². The Morgan fingerprint density at radius 2 is 1.68 bits per heavy atom. The van der Waals surface area contributed by atoms with Crippen molar-refractivity contribution in [3.05, 3.63) is 17.0 Å². The van der Waals surface area contributed by atoms with Gasteiger partial charge in [0, 0.05) is 24.5 Å². The highest BCUT2D eigenvalue weighted by Gasteiger charge is 2.17. The minimum Gasteiger partial charge on any atom is -0.341 e. The molecule has 0 spiro atoms. The summed E-state index contributed by atoms with van der Waals surface area (Å²) in [6, 6.07) is 0. The maximum atomic E-state index is 5.72. The summed E-state index contributed by atoms with van der Waals surface area (Å²) in [5.74, 6) is 1.40. The first-order valence-corrected chi connectivity index (χ1v) is 7.41. The van der Waals surface area contributed by atoms with E-state index >= 15 is 0 Å². The van der Waals surface area contributed by atoms with Gasteiger partial charge >= 0.3 is 0 Å². The fourth-order valence-electron chi connectivity index (χ4n) is 2.68. The normalized spacial score (nSPS) is 17.6. The molecule has 1 saturated heterocycles. The van der Waals surface area contributed by atoms with Gasteiger partial charge in [0.05, 0.1) is 0 Å². The molecule has 2 heterocycles. The first-order chi connectivity index (χ1) is 9.11. The van der Waals surface area contributed by atoms with Crippen molar-refractivity contribution in [2.45, 2.75) is 46.5 Å². The third kappa shape index (κ3) is 3.44. The van der Waals surface area contributed by atoms with Crippen LogP contribution in [0.15, 0.2) is 0 Å². The monoisotopic (exact) mass is 262 g/mol. The van der Waals surface area contributed by atoms with E-state index in [4.69, 9.17) is 15.7 Å². The van der Waals surface area contributed by atoms with Crippen LogP contribution in [-0.2, 0) is 6.42 Å². The molecule has 4 nitrogen and oxygen atoms in total. The lowest BCUT2D eigenvalue weighted by atomic mass is 9.99. The summed E-state index contributed by atoms with van der Waals surface area (Å²) in [4.78, 5) is 11.8. The average Bonchev–Trinajstić information content (AvgIpc) is 2.43. The van der Waals surface area contributed by atoms with E-state index < -0.39 is 0 Å². The molecule has 1 aliphatic rings.